The maximum Gasteiger partial charge on any atom is 0.129 e. The molecule has 1 unspecified atom stereocenters. The highest BCUT2D eigenvalue weighted by atomic mass is 19.1. The quantitative estimate of drug-likeness (QED) is 0.889. The van der Waals surface area contributed by atoms with E-state index in [4.69, 9.17) is 0 Å². The molecule has 0 spiro atoms. The van der Waals surface area contributed by atoms with E-state index in [1.54, 1.807) is 6.20 Å². The number of nitrogens with zero attached hydrogens (tertiary/aromatic N) is 1. The summed E-state index contributed by atoms with van der Waals surface area (Å²) < 4.78 is 12.8. The summed E-state index contributed by atoms with van der Waals surface area (Å²) in [6.45, 7) is 4.12. The Hall–Kier alpha value is -1.90. The topological polar surface area (TPSA) is 24.9 Å². The number of rotatable bonds is 4. The number of hydrogen-bond acceptors (Lipinski definition) is 2. The predicted molar refractivity (Wildman–Crippen MR) is 72.2 cm³/mol. The molecule has 1 heterocycles. The van der Waals surface area contributed by atoms with Crippen LogP contribution in [0.1, 0.15) is 18.1 Å². The van der Waals surface area contributed by atoms with Gasteiger partial charge in [0.2, 0.25) is 0 Å². The molecular formula is C15H17FN2. The minimum absolute atomic E-state index is 0.195. The van der Waals surface area contributed by atoms with Crippen LogP contribution >= 0.6 is 0 Å². The average Bonchev–Trinajstić information content (AvgIpc) is 2.35. The molecule has 0 bridgehead atoms. The van der Waals surface area contributed by atoms with Crippen LogP contribution in [0, 0.1) is 12.7 Å². The van der Waals surface area contributed by atoms with Crippen molar-refractivity contribution in [3.63, 3.8) is 0 Å². The number of halogens is 1. The Morgan fingerprint density at radius 3 is 2.61 bits per heavy atom. The number of hydrogen-bond donors (Lipinski definition) is 1. The van der Waals surface area contributed by atoms with Gasteiger partial charge in [-0.2, -0.15) is 0 Å². The van der Waals surface area contributed by atoms with Gasteiger partial charge in [0.25, 0.3) is 0 Å². The molecule has 18 heavy (non-hydrogen) atoms. The summed E-state index contributed by atoms with van der Waals surface area (Å²) >= 11 is 0. The molecule has 1 aromatic heterocycles. The van der Waals surface area contributed by atoms with Crippen molar-refractivity contribution in [2.45, 2.75) is 26.3 Å². The first-order valence-electron chi connectivity index (χ1n) is 6.08. The minimum atomic E-state index is -0.195. The molecule has 2 rings (SSSR count). The summed E-state index contributed by atoms with van der Waals surface area (Å²) in [5, 5.41) is 3.37. The Morgan fingerprint density at radius 1 is 1.22 bits per heavy atom. The van der Waals surface area contributed by atoms with Gasteiger partial charge < -0.3 is 5.32 Å². The average molecular weight is 244 g/mol. The lowest BCUT2D eigenvalue weighted by atomic mass is 10.1. The molecule has 3 heteroatoms. The van der Waals surface area contributed by atoms with E-state index in [1.807, 2.05) is 31.2 Å². The summed E-state index contributed by atoms with van der Waals surface area (Å²) in [6.07, 6.45) is 2.62. The van der Waals surface area contributed by atoms with E-state index >= 15 is 0 Å². The van der Waals surface area contributed by atoms with Crippen LogP contribution in [0.25, 0.3) is 0 Å². The molecule has 1 atom stereocenters. The largest absolute Gasteiger partial charge is 0.367 e. The van der Waals surface area contributed by atoms with Gasteiger partial charge in [0.1, 0.15) is 11.6 Å². The van der Waals surface area contributed by atoms with Crippen LogP contribution in [-0.4, -0.2) is 11.0 Å². The van der Waals surface area contributed by atoms with E-state index in [-0.39, 0.29) is 11.9 Å². The monoisotopic (exact) mass is 244 g/mol. The van der Waals surface area contributed by atoms with Gasteiger partial charge in [0, 0.05) is 12.2 Å². The minimum Gasteiger partial charge on any atom is -0.367 e. The summed E-state index contributed by atoms with van der Waals surface area (Å²) in [5.74, 6) is 0.715. The maximum atomic E-state index is 12.8. The van der Waals surface area contributed by atoms with E-state index in [9.17, 15) is 4.39 Å². The first-order valence-corrected chi connectivity index (χ1v) is 6.08. The molecule has 1 N–H and O–H groups in total. The van der Waals surface area contributed by atoms with Crippen LogP contribution in [0.2, 0.25) is 0 Å². The molecule has 0 aliphatic rings. The molecule has 0 amide bonds. The summed E-state index contributed by atoms with van der Waals surface area (Å²) in [7, 11) is 0. The standard InChI is InChI=1S/C15H17FN2/c1-11-4-3-9-17-15(11)18-12(2)10-13-5-7-14(16)8-6-13/h3-9,12H,10H2,1-2H3,(H,17,18). The highest BCUT2D eigenvalue weighted by molar-refractivity contribution is 5.43. The molecule has 0 aliphatic carbocycles. The zero-order chi connectivity index (χ0) is 13.0. The number of aromatic nitrogens is 1. The third-order valence-electron chi connectivity index (χ3n) is 2.85. The lowest BCUT2D eigenvalue weighted by molar-refractivity contribution is 0.626. The number of pyridine rings is 1. The van der Waals surface area contributed by atoms with Crippen LogP contribution in [-0.2, 0) is 6.42 Å². The van der Waals surface area contributed by atoms with Crippen molar-refractivity contribution in [1.82, 2.24) is 4.98 Å². The van der Waals surface area contributed by atoms with Gasteiger partial charge in [0.05, 0.1) is 0 Å². The first-order chi connectivity index (χ1) is 8.65. The third kappa shape index (κ3) is 3.29. The Morgan fingerprint density at radius 2 is 1.94 bits per heavy atom. The highest BCUT2D eigenvalue weighted by Gasteiger charge is 2.06. The van der Waals surface area contributed by atoms with Crippen molar-refractivity contribution in [2.75, 3.05) is 5.32 Å². The predicted octanol–water partition coefficient (Wildman–Crippen LogP) is 3.57. The van der Waals surface area contributed by atoms with Gasteiger partial charge in [-0.05, 0) is 49.6 Å². The van der Waals surface area contributed by atoms with Crippen molar-refractivity contribution in [3.05, 3.63) is 59.5 Å². The Balaban J connectivity index is 1.99. The van der Waals surface area contributed by atoms with Gasteiger partial charge in [-0.1, -0.05) is 18.2 Å². The molecule has 0 radical (unpaired) electrons. The van der Waals surface area contributed by atoms with E-state index in [2.05, 4.69) is 17.2 Å². The Kier molecular flexibility index (Phi) is 3.92. The van der Waals surface area contributed by atoms with E-state index < -0.39 is 0 Å². The normalized spacial score (nSPS) is 12.2. The van der Waals surface area contributed by atoms with Gasteiger partial charge in [-0.15, -0.1) is 0 Å². The van der Waals surface area contributed by atoms with Gasteiger partial charge in [-0.3, -0.25) is 0 Å². The summed E-state index contributed by atoms with van der Waals surface area (Å²) in [6, 6.07) is 10.8. The zero-order valence-corrected chi connectivity index (χ0v) is 10.7. The lowest BCUT2D eigenvalue weighted by Gasteiger charge is -2.16. The van der Waals surface area contributed by atoms with Crippen molar-refractivity contribution in [1.29, 1.82) is 0 Å². The Bertz CT molecular complexity index is 508. The number of anilines is 1. The van der Waals surface area contributed by atoms with Crippen LogP contribution in [0.5, 0.6) is 0 Å². The van der Waals surface area contributed by atoms with Gasteiger partial charge >= 0.3 is 0 Å². The summed E-state index contributed by atoms with van der Waals surface area (Å²) in [4.78, 5) is 4.30. The Labute approximate surface area is 107 Å². The van der Waals surface area contributed by atoms with Crippen LogP contribution < -0.4 is 5.32 Å². The maximum absolute atomic E-state index is 12.8. The molecule has 2 aromatic rings. The molecule has 0 aliphatic heterocycles. The molecule has 1 aromatic carbocycles. The van der Waals surface area contributed by atoms with E-state index in [0.717, 1.165) is 23.4 Å². The van der Waals surface area contributed by atoms with Gasteiger partial charge in [-0.25, -0.2) is 9.37 Å². The fourth-order valence-electron chi connectivity index (χ4n) is 1.90. The fraction of sp³-hybridized carbons (Fsp3) is 0.267. The molecule has 0 saturated carbocycles. The smallest absolute Gasteiger partial charge is 0.129 e. The summed E-state index contributed by atoms with van der Waals surface area (Å²) in [5.41, 5.74) is 2.24. The number of nitrogens with one attached hydrogen (secondary N) is 1. The number of benzene rings is 1. The second-order valence-corrected chi connectivity index (χ2v) is 4.54. The molecular weight excluding hydrogens is 227 g/mol. The third-order valence-corrected chi connectivity index (χ3v) is 2.85. The van der Waals surface area contributed by atoms with Crippen molar-refractivity contribution >= 4 is 5.82 Å². The fourth-order valence-corrected chi connectivity index (χ4v) is 1.90. The van der Waals surface area contributed by atoms with Crippen LogP contribution in [0.15, 0.2) is 42.6 Å². The van der Waals surface area contributed by atoms with Crippen LogP contribution in [0.4, 0.5) is 10.2 Å². The van der Waals surface area contributed by atoms with Crippen LogP contribution in [0.3, 0.4) is 0 Å². The molecule has 0 fully saturated rings. The molecule has 94 valence electrons. The molecule has 0 saturated heterocycles. The SMILES string of the molecule is Cc1cccnc1NC(C)Cc1ccc(F)cc1. The zero-order valence-electron chi connectivity index (χ0n) is 10.7. The first kappa shape index (κ1) is 12.6. The molecule has 2 nitrogen and oxygen atoms in total. The lowest BCUT2D eigenvalue weighted by Crippen LogP contribution is -2.19. The van der Waals surface area contributed by atoms with E-state index in [0.29, 0.717) is 0 Å². The second kappa shape index (κ2) is 5.63. The van der Waals surface area contributed by atoms with Crippen molar-refractivity contribution in [2.24, 2.45) is 0 Å². The number of aryl methyl sites for hydroxylation is 1. The van der Waals surface area contributed by atoms with Gasteiger partial charge in [0.15, 0.2) is 0 Å². The highest BCUT2D eigenvalue weighted by Crippen LogP contribution is 2.13. The second-order valence-electron chi connectivity index (χ2n) is 4.54. The van der Waals surface area contributed by atoms with Crippen molar-refractivity contribution in [3.8, 4) is 0 Å². The van der Waals surface area contributed by atoms with Crippen molar-refractivity contribution < 1.29 is 4.39 Å². The van der Waals surface area contributed by atoms with E-state index in [1.165, 1.54) is 12.1 Å².